The van der Waals surface area contributed by atoms with E-state index in [4.69, 9.17) is 9.47 Å². The van der Waals surface area contributed by atoms with Crippen LogP contribution < -0.4 is 0 Å². The Labute approximate surface area is 164 Å². The minimum absolute atomic E-state index is 0.132. The molecule has 1 heterocycles. The molecule has 0 bridgehead atoms. The molecule has 6 heteroatoms. The summed E-state index contributed by atoms with van der Waals surface area (Å²) >= 11 is 0. The van der Waals surface area contributed by atoms with Gasteiger partial charge in [-0.3, -0.25) is 0 Å². The van der Waals surface area contributed by atoms with Gasteiger partial charge in [0.15, 0.2) is 0 Å². The highest BCUT2D eigenvalue weighted by Crippen LogP contribution is 2.23. The molecule has 0 spiro atoms. The molecule has 0 amide bonds. The maximum atomic E-state index is 12.8. The van der Waals surface area contributed by atoms with Crippen molar-refractivity contribution in [2.45, 2.75) is 26.0 Å². The van der Waals surface area contributed by atoms with Gasteiger partial charge in [0, 0.05) is 5.56 Å². The van der Waals surface area contributed by atoms with Gasteiger partial charge in [0.1, 0.15) is 5.69 Å². The van der Waals surface area contributed by atoms with E-state index in [0.29, 0.717) is 5.56 Å². The second-order valence-corrected chi connectivity index (χ2v) is 6.11. The fourth-order valence-electron chi connectivity index (χ4n) is 2.57. The second-order valence-electron chi connectivity index (χ2n) is 6.11. The quantitative estimate of drug-likeness (QED) is 0.507. The van der Waals surface area contributed by atoms with E-state index in [0.717, 1.165) is 5.57 Å². The van der Waals surface area contributed by atoms with E-state index in [1.807, 2.05) is 38.1 Å². The number of esters is 2. The molecule has 2 rings (SSSR count). The van der Waals surface area contributed by atoms with E-state index in [1.165, 1.54) is 13.3 Å². The van der Waals surface area contributed by atoms with Gasteiger partial charge in [-0.1, -0.05) is 66.8 Å². The van der Waals surface area contributed by atoms with E-state index in [1.54, 1.807) is 41.2 Å². The summed E-state index contributed by atoms with van der Waals surface area (Å²) in [5.74, 6) is -1.30. The smallest absolute Gasteiger partial charge is 0.357 e. The number of hydrogen-bond acceptors (Lipinski definition) is 5. The zero-order valence-electron chi connectivity index (χ0n) is 16.2. The highest BCUT2D eigenvalue weighted by atomic mass is 16.6. The third-order valence-electron chi connectivity index (χ3n) is 4.30. The molecule has 2 aromatic rings. The van der Waals surface area contributed by atoms with Crippen LogP contribution in [0.5, 0.6) is 0 Å². The first-order chi connectivity index (χ1) is 13.5. The number of hydrogen-bond donors (Lipinski definition) is 0. The van der Waals surface area contributed by atoms with Crippen LogP contribution >= 0.6 is 0 Å². The number of carbonyl (C=O) groups excluding carboxylic acids is 2. The van der Waals surface area contributed by atoms with Crippen molar-refractivity contribution in [2.24, 2.45) is 0 Å². The van der Waals surface area contributed by atoms with Crippen LogP contribution in [0.15, 0.2) is 79.3 Å². The van der Waals surface area contributed by atoms with Crippen LogP contribution in [0.1, 0.15) is 42.0 Å². The first-order valence-electron chi connectivity index (χ1n) is 8.81. The summed E-state index contributed by atoms with van der Waals surface area (Å²) in [6.07, 6.45) is 9.14. The minimum Gasteiger partial charge on any atom is -0.466 e. The molecule has 1 unspecified atom stereocenters. The Morgan fingerprint density at radius 2 is 1.93 bits per heavy atom. The average molecular weight is 380 g/mol. The van der Waals surface area contributed by atoms with Gasteiger partial charge in [-0.15, -0.1) is 0 Å². The standard InChI is InChI=1S/C22H24N2O4/c1-5-6-8-11-16(2)17(3)24-15-23-14-19(24)21(25)28-20(22(26)27-4)18-12-9-7-10-13-18/h5-15,17,20H,1H2,2-4H3/b8-6-,16-11+/t17-,20?/m1/s1. The highest BCUT2D eigenvalue weighted by molar-refractivity contribution is 5.90. The van der Waals surface area contributed by atoms with Crippen LogP contribution in [0.4, 0.5) is 0 Å². The molecule has 146 valence electrons. The van der Waals surface area contributed by atoms with Crippen LogP contribution in [0, 0.1) is 0 Å². The predicted molar refractivity (Wildman–Crippen MR) is 107 cm³/mol. The number of allylic oxidation sites excluding steroid dienone is 5. The van der Waals surface area contributed by atoms with Gasteiger partial charge in [0.2, 0.25) is 6.10 Å². The normalized spacial score (nSPS) is 13.8. The van der Waals surface area contributed by atoms with E-state index in [9.17, 15) is 9.59 Å². The van der Waals surface area contributed by atoms with Crippen LogP contribution in [0.3, 0.4) is 0 Å². The molecular weight excluding hydrogens is 356 g/mol. The van der Waals surface area contributed by atoms with Crippen LogP contribution in [0.2, 0.25) is 0 Å². The van der Waals surface area contributed by atoms with E-state index < -0.39 is 18.0 Å². The van der Waals surface area contributed by atoms with Gasteiger partial charge in [-0.2, -0.15) is 0 Å². The molecule has 1 aromatic carbocycles. The summed E-state index contributed by atoms with van der Waals surface area (Å²) in [5.41, 5.74) is 1.79. The van der Waals surface area contributed by atoms with Crippen molar-refractivity contribution >= 4 is 11.9 Å². The molecule has 28 heavy (non-hydrogen) atoms. The van der Waals surface area contributed by atoms with Crippen molar-refractivity contribution in [2.75, 3.05) is 7.11 Å². The zero-order valence-corrected chi connectivity index (χ0v) is 16.2. The largest absolute Gasteiger partial charge is 0.466 e. The Bertz CT molecular complexity index is 881. The van der Waals surface area contributed by atoms with Crippen molar-refractivity contribution in [3.8, 4) is 0 Å². The number of imidazole rings is 1. The Morgan fingerprint density at radius 1 is 1.21 bits per heavy atom. The Morgan fingerprint density at radius 3 is 2.57 bits per heavy atom. The topological polar surface area (TPSA) is 70.4 Å². The minimum atomic E-state index is -1.15. The fraction of sp³-hybridized carbons (Fsp3) is 0.227. The lowest BCUT2D eigenvalue weighted by atomic mass is 10.1. The second kappa shape index (κ2) is 10.1. The van der Waals surface area contributed by atoms with Crippen molar-refractivity contribution < 1.29 is 19.1 Å². The Hall–Kier alpha value is -3.41. The number of carbonyl (C=O) groups is 2. The SMILES string of the molecule is C=C/C=C\C=C(/C)[C@@H](C)n1cncc1C(=O)OC(C(=O)OC)c1ccccc1. The first kappa shape index (κ1) is 20.9. The van der Waals surface area contributed by atoms with Gasteiger partial charge >= 0.3 is 11.9 Å². The van der Waals surface area contributed by atoms with Crippen molar-refractivity contribution in [3.05, 3.63) is 90.6 Å². The van der Waals surface area contributed by atoms with Gasteiger partial charge in [-0.25, -0.2) is 14.6 Å². The fourth-order valence-corrected chi connectivity index (χ4v) is 2.57. The van der Waals surface area contributed by atoms with Gasteiger partial charge in [-0.05, 0) is 13.8 Å². The molecule has 2 atom stereocenters. The summed E-state index contributed by atoms with van der Waals surface area (Å²) in [5, 5.41) is 0. The number of benzene rings is 1. The Kier molecular flexibility index (Phi) is 7.51. The zero-order chi connectivity index (χ0) is 20.5. The molecule has 0 aliphatic heterocycles. The number of nitrogens with zero attached hydrogens (tertiary/aromatic N) is 2. The number of ether oxygens (including phenoxy) is 2. The molecule has 0 radical (unpaired) electrons. The van der Waals surface area contributed by atoms with Crippen molar-refractivity contribution in [3.63, 3.8) is 0 Å². The van der Waals surface area contributed by atoms with Gasteiger partial charge in [0.05, 0.1) is 25.7 Å². The molecule has 0 fully saturated rings. The van der Waals surface area contributed by atoms with Crippen LogP contribution in [0.25, 0.3) is 0 Å². The van der Waals surface area contributed by atoms with E-state index in [-0.39, 0.29) is 11.7 Å². The first-order valence-corrected chi connectivity index (χ1v) is 8.81. The molecule has 0 N–H and O–H groups in total. The van der Waals surface area contributed by atoms with Crippen LogP contribution in [-0.4, -0.2) is 28.6 Å². The van der Waals surface area contributed by atoms with Crippen LogP contribution in [-0.2, 0) is 14.3 Å². The number of aromatic nitrogens is 2. The van der Waals surface area contributed by atoms with Gasteiger partial charge in [0.25, 0.3) is 0 Å². The number of methoxy groups -OCH3 is 1. The summed E-state index contributed by atoms with van der Waals surface area (Å²) in [4.78, 5) is 29.0. The summed E-state index contributed by atoms with van der Waals surface area (Å²) in [7, 11) is 1.25. The predicted octanol–water partition coefficient (Wildman–Crippen LogP) is 4.20. The summed E-state index contributed by atoms with van der Waals surface area (Å²) < 4.78 is 12.0. The molecule has 0 aliphatic rings. The Balaban J connectivity index is 2.26. The maximum absolute atomic E-state index is 12.8. The lowest BCUT2D eigenvalue weighted by molar-refractivity contribution is -0.151. The molecular formula is C22H24N2O4. The monoisotopic (exact) mass is 380 g/mol. The summed E-state index contributed by atoms with van der Waals surface area (Å²) in [6, 6.07) is 8.60. The van der Waals surface area contributed by atoms with E-state index >= 15 is 0 Å². The lowest BCUT2D eigenvalue weighted by Gasteiger charge is -2.19. The third-order valence-corrected chi connectivity index (χ3v) is 4.30. The van der Waals surface area contributed by atoms with E-state index in [2.05, 4.69) is 11.6 Å². The molecule has 6 nitrogen and oxygen atoms in total. The maximum Gasteiger partial charge on any atom is 0.357 e. The summed E-state index contributed by atoms with van der Waals surface area (Å²) in [6.45, 7) is 7.53. The molecule has 0 aliphatic carbocycles. The average Bonchev–Trinajstić information content (AvgIpc) is 3.21. The molecule has 0 saturated heterocycles. The highest BCUT2D eigenvalue weighted by Gasteiger charge is 2.28. The molecule has 1 aromatic heterocycles. The number of rotatable bonds is 8. The molecule has 0 saturated carbocycles. The van der Waals surface area contributed by atoms with Crippen molar-refractivity contribution in [1.29, 1.82) is 0 Å². The third kappa shape index (κ3) is 5.07. The lowest BCUT2D eigenvalue weighted by Crippen LogP contribution is -2.23. The van der Waals surface area contributed by atoms with Gasteiger partial charge < -0.3 is 14.0 Å². The van der Waals surface area contributed by atoms with Crippen molar-refractivity contribution in [1.82, 2.24) is 9.55 Å².